The van der Waals surface area contributed by atoms with E-state index in [1.807, 2.05) is 18.2 Å². The number of ether oxygens (including phenoxy) is 2. The summed E-state index contributed by atoms with van der Waals surface area (Å²) in [5.74, 6) is 0.165. The van der Waals surface area contributed by atoms with Crippen LogP contribution in [0.3, 0.4) is 0 Å². The lowest BCUT2D eigenvalue weighted by Crippen LogP contribution is -2.34. The van der Waals surface area contributed by atoms with E-state index in [1.54, 1.807) is 6.92 Å². The number of rotatable bonds is 14. The first-order chi connectivity index (χ1) is 18.8. The second kappa shape index (κ2) is 14.1. The van der Waals surface area contributed by atoms with Crippen LogP contribution in [0.2, 0.25) is 0 Å². The van der Waals surface area contributed by atoms with Crippen molar-refractivity contribution in [1.82, 2.24) is 0 Å². The summed E-state index contributed by atoms with van der Waals surface area (Å²) in [5, 5.41) is 29.3. The van der Waals surface area contributed by atoms with Gasteiger partial charge in [-0.05, 0) is 72.6 Å². The highest BCUT2D eigenvalue weighted by Crippen LogP contribution is 2.34. The topological polar surface area (TPSA) is 96.2 Å². The molecule has 208 valence electrons. The number of carbonyl (C=O) groups is 1. The minimum atomic E-state index is -0.978. The monoisotopic (exact) mass is 532 g/mol. The number of esters is 1. The van der Waals surface area contributed by atoms with E-state index in [-0.39, 0.29) is 33.0 Å². The Labute approximate surface area is 231 Å². The molecule has 3 N–H and O–H groups in total. The van der Waals surface area contributed by atoms with Crippen LogP contribution in [0.4, 0.5) is 0 Å². The van der Waals surface area contributed by atoms with E-state index in [2.05, 4.69) is 62.9 Å². The molecule has 0 spiro atoms. The molecule has 0 aliphatic heterocycles. The summed E-state index contributed by atoms with van der Waals surface area (Å²) >= 11 is 0. The maximum atomic E-state index is 11.7. The molecule has 3 aromatic rings. The van der Waals surface area contributed by atoms with Crippen LogP contribution in [0, 0.1) is 12.3 Å². The molecule has 0 fully saturated rings. The molecule has 0 aromatic heterocycles. The number of carbonyl (C=O) groups excluding carboxylic acids is 1. The van der Waals surface area contributed by atoms with Gasteiger partial charge in [-0.2, -0.15) is 0 Å². The molecule has 0 radical (unpaired) electrons. The van der Waals surface area contributed by atoms with Crippen molar-refractivity contribution in [2.45, 2.75) is 40.0 Å². The molecule has 6 heteroatoms. The Morgan fingerprint density at radius 3 is 2.10 bits per heavy atom. The number of hydrogen-bond acceptors (Lipinski definition) is 6. The van der Waals surface area contributed by atoms with E-state index in [4.69, 9.17) is 9.47 Å². The zero-order valence-corrected chi connectivity index (χ0v) is 23.2. The number of benzene rings is 3. The van der Waals surface area contributed by atoms with Crippen LogP contribution >= 0.6 is 0 Å². The van der Waals surface area contributed by atoms with Gasteiger partial charge in [-0.15, -0.1) is 0 Å². The van der Waals surface area contributed by atoms with Crippen molar-refractivity contribution in [1.29, 1.82) is 0 Å². The van der Waals surface area contributed by atoms with Crippen LogP contribution in [-0.2, 0) is 22.4 Å². The van der Waals surface area contributed by atoms with Gasteiger partial charge in [0.2, 0.25) is 0 Å². The Morgan fingerprint density at radius 2 is 1.49 bits per heavy atom. The molecular weight excluding hydrogens is 492 g/mol. The van der Waals surface area contributed by atoms with Crippen LogP contribution in [-0.4, -0.2) is 54.3 Å². The maximum Gasteiger partial charge on any atom is 0.333 e. The fourth-order valence-corrected chi connectivity index (χ4v) is 4.35. The van der Waals surface area contributed by atoms with Crippen molar-refractivity contribution in [3.05, 3.63) is 89.5 Å². The molecule has 6 nitrogen and oxygen atoms in total. The summed E-state index contributed by atoms with van der Waals surface area (Å²) < 4.78 is 11.3. The normalized spacial score (nSPS) is 11.3. The average molecular weight is 533 g/mol. The number of aryl methyl sites for hydroxylation is 3. The summed E-state index contributed by atoms with van der Waals surface area (Å²) in [4.78, 5) is 11.7. The van der Waals surface area contributed by atoms with Crippen LogP contribution in [0.25, 0.3) is 22.3 Å². The van der Waals surface area contributed by atoms with Gasteiger partial charge in [0.05, 0.1) is 19.8 Å². The zero-order valence-electron chi connectivity index (χ0n) is 23.2. The standard InChI is InChI=1S/C33H40O6/c1-5-25-18-28(26-8-6-24(4)7-9-26)12-13-30(25)29-11-10-27(14-15-33(20-34,21-35)22-36)31(19-29)38-16-17-39-32(37)23(2)3/h6-13,18-19,34-36H,2,5,14-17,20-22H2,1,3-4H3. The third kappa shape index (κ3) is 7.79. The first kappa shape index (κ1) is 30.1. The third-order valence-corrected chi connectivity index (χ3v) is 7.10. The SMILES string of the molecule is C=C(C)C(=O)OCCOc1cc(-c2ccc(-c3ccc(C)cc3)cc2CC)ccc1CCC(CO)(CO)CO. The molecule has 39 heavy (non-hydrogen) atoms. The molecule has 0 aliphatic rings. The van der Waals surface area contributed by atoms with Crippen molar-refractivity contribution in [2.24, 2.45) is 5.41 Å². The van der Waals surface area contributed by atoms with Gasteiger partial charge in [0.1, 0.15) is 19.0 Å². The van der Waals surface area contributed by atoms with E-state index in [9.17, 15) is 20.1 Å². The van der Waals surface area contributed by atoms with Gasteiger partial charge in [0.15, 0.2) is 0 Å². The summed E-state index contributed by atoms with van der Waals surface area (Å²) in [6.07, 6.45) is 1.72. The highest BCUT2D eigenvalue weighted by atomic mass is 16.6. The molecule has 0 unspecified atom stereocenters. The van der Waals surface area contributed by atoms with Crippen LogP contribution in [0.5, 0.6) is 5.75 Å². The first-order valence-electron chi connectivity index (χ1n) is 13.4. The largest absolute Gasteiger partial charge is 0.490 e. The van der Waals surface area contributed by atoms with Crippen LogP contribution in [0.15, 0.2) is 72.8 Å². The van der Waals surface area contributed by atoms with E-state index in [0.29, 0.717) is 24.2 Å². The third-order valence-electron chi connectivity index (χ3n) is 7.10. The quantitative estimate of drug-likeness (QED) is 0.148. The van der Waals surface area contributed by atoms with Crippen molar-refractivity contribution in [3.63, 3.8) is 0 Å². The smallest absolute Gasteiger partial charge is 0.333 e. The minimum absolute atomic E-state index is 0.0781. The lowest BCUT2D eigenvalue weighted by Gasteiger charge is -2.27. The van der Waals surface area contributed by atoms with Crippen LogP contribution < -0.4 is 4.74 Å². The van der Waals surface area contributed by atoms with Gasteiger partial charge in [-0.3, -0.25) is 0 Å². The predicted octanol–water partition coefficient (Wildman–Crippen LogP) is 5.29. The summed E-state index contributed by atoms with van der Waals surface area (Å²) in [6, 6.07) is 21.0. The lowest BCUT2D eigenvalue weighted by atomic mass is 9.84. The van der Waals surface area contributed by atoms with E-state index in [0.717, 1.165) is 28.7 Å². The Bertz CT molecular complexity index is 1250. The van der Waals surface area contributed by atoms with Gasteiger partial charge >= 0.3 is 5.97 Å². The Balaban J connectivity index is 1.91. The van der Waals surface area contributed by atoms with Gasteiger partial charge < -0.3 is 24.8 Å². The maximum absolute atomic E-state index is 11.7. The molecule has 0 heterocycles. The summed E-state index contributed by atoms with van der Waals surface area (Å²) in [5.41, 5.74) is 7.10. The van der Waals surface area contributed by atoms with Crippen molar-refractivity contribution in [3.8, 4) is 28.0 Å². The molecule has 3 rings (SSSR count). The van der Waals surface area contributed by atoms with Gasteiger partial charge in [0, 0.05) is 11.0 Å². The van der Waals surface area contributed by atoms with Gasteiger partial charge in [-0.1, -0.05) is 73.7 Å². The van der Waals surface area contributed by atoms with Crippen molar-refractivity contribution >= 4 is 5.97 Å². The first-order valence-corrected chi connectivity index (χ1v) is 13.4. The molecule has 0 saturated carbocycles. The number of aliphatic hydroxyl groups is 3. The second-order valence-corrected chi connectivity index (χ2v) is 10.2. The number of hydrogen-bond donors (Lipinski definition) is 3. The molecular formula is C33H40O6. The predicted molar refractivity (Wildman–Crippen MR) is 155 cm³/mol. The summed E-state index contributed by atoms with van der Waals surface area (Å²) in [6.45, 7) is 8.68. The van der Waals surface area contributed by atoms with Crippen LogP contribution in [0.1, 0.15) is 37.0 Å². The second-order valence-electron chi connectivity index (χ2n) is 10.2. The highest BCUT2D eigenvalue weighted by molar-refractivity contribution is 5.86. The molecule has 0 saturated heterocycles. The molecule has 0 aliphatic carbocycles. The highest BCUT2D eigenvalue weighted by Gasteiger charge is 2.28. The number of aliphatic hydroxyl groups excluding tert-OH is 3. The molecule has 0 amide bonds. The lowest BCUT2D eigenvalue weighted by molar-refractivity contribution is -0.139. The fourth-order valence-electron chi connectivity index (χ4n) is 4.35. The Morgan fingerprint density at radius 1 is 0.846 bits per heavy atom. The van der Waals surface area contributed by atoms with E-state index < -0.39 is 11.4 Å². The fraction of sp³-hybridized carbons (Fsp3) is 0.364. The van der Waals surface area contributed by atoms with E-state index in [1.165, 1.54) is 16.7 Å². The van der Waals surface area contributed by atoms with Crippen molar-refractivity contribution < 1.29 is 29.6 Å². The average Bonchev–Trinajstić information content (AvgIpc) is 2.96. The minimum Gasteiger partial charge on any atom is -0.490 e. The molecule has 0 atom stereocenters. The zero-order chi connectivity index (χ0) is 28.4. The van der Waals surface area contributed by atoms with E-state index >= 15 is 0 Å². The molecule has 3 aromatic carbocycles. The van der Waals surface area contributed by atoms with Crippen molar-refractivity contribution in [2.75, 3.05) is 33.0 Å². The van der Waals surface area contributed by atoms with Gasteiger partial charge in [-0.25, -0.2) is 4.79 Å². The summed E-state index contributed by atoms with van der Waals surface area (Å²) in [7, 11) is 0. The van der Waals surface area contributed by atoms with Gasteiger partial charge in [0.25, 0.3) is 0 Å². The molecule has 0 bridgehead atoms. The Kier molecular flexibility index (Phi) is 10.9. The Hall–Kier alpha value is -3.45.